The van der Waals surface area contributed by atoms with Crippen molar-refractivity contribution in [3.63, 3.8) is 0 Å². The fourth-order valence-corrected chi connectivity index (χ4v) is 2.91. The SMILES string of the molecule is Cl.N[C@@H]1CCN(S(=O)(=O)CCCF)C1. The van der Waals surface area contributed by atoms with Gasteiger partial charge in [0.2, 0.25) is 10.0 Å². The molecule has 7 heteroatoms. The molecule has 0 saturated carbocycles. The summed E-state index contributed by atoms with van der Waals surface area (Å²) in [6.45, 7) is 0.281. The van der Waals surface area contributed by atoms with Gasteiger partial charge in [-0.3, -0.25) is 4.39 Å². The lowest BCUT2D eigenvalue weighted by Crippen LogP contribution is -2.33. The van der Waals surface area contributed by atoms with Gasteiger partial charge in [0.25, 0.3) is 0 Å². The third-order valence-electron chi connectivity index (χ3n) is 2.12. The predicted molar refractivity (Wildman–Crippen MR) is 55.8 cm³/mol. The zero-order valence-corrected chi connectivity index (χ0v) is 9.49. The monoisotopic (exact) mass is 246 g/mol. The van der Waals surface area contributed by atoms with Crippen LogP contribution in [-0.2, 0) is 10.0 Å². The highest BCUT2D eigenvalue weighted by molar-refractivity contribution is 7.89. The van der Waals surface area contributed by atoms with Crippen LogP contribution in [-0.4, -0.2) is 44.3 Å². The summed E-state index contributed by atoms with van der Waals surface area (Å²) >= 11 is 0. The second-order valence-electron chi connectivity index (χ2n) is 3.27. The average Bonchev–Trinajstić information content (AvgIpc) is 2.49. The Balaban J connectivity index is 0.00000169. The van der Waals surface area contributed by atoms with Crippen molar-refractivity contribution in [1.29, 1.82) is 0 Å². The van der Waals surface area contributed by atoms with E-state index in [-0.39, 0.29) is 30.6 Å². The van der Waals surface area contributed by atoms with Crippen molar-refractivity contribution >= 4 is 22.4 Å². The molecular formula is C7H16ClFN2O2S. The topological polar surface area (TPSA) is 63.4 Å². The van der Waals surface area contributed by atoms with Gasteiger partial charge >= 0.3 is 0 Å². The molecule has 86 valence electrons. The fraction of sp³-hybridized carbons (Fsp3) is 1.00. The van der Waals surface area contributed by atoms with Crippen molar-refractivity contribution in [2.45, 2.75) is 18.9 Å². The van der Waals surface area contributed by atoms with Gasteiger partial charge in [-0.2, -0.15) is 0 Å². The van der Waals surface area contributed by atoms with E-state index >= 15 is 0 Å². The first-order valence-corrected chi connectivity index (χ1v) is 5.96. The van der Waals surface area contributed by atoms with Gasteiger partial charge in [0, 0.05) is 19.1 Å². The van der Waals surface area contributed by atoms with Gasteiger partial charge in [0.15, 0.2) is 0 Å². The third kappa shape index (κ3) is 3.68. The molecule has 1 aliphatic heterocycles. The molecule has 0 bridgehead atoms. The summed E-state index contributed by atoms with van der Waals surface area (Å²) in [6.07, 6.45) is 0.781. The molecule has 1 rings (SSSR count). The quantitative estimate of drug-likeness (QED) is 0.767. The van der Waals surface area contributed by atoms with E-state index in [9.17, 15) is 12.8 Å². The molecule has 1 heterocycles. The van der Waals surface area contributed by atoms with Crippen LogP contribution >= 0.6 is 12.4 Å². The van der Waals surface area contributed by atoms with Gasteiger partial charge in [-0.15, -0.1) is 12.4 Å². The maximum atomic E-state index is 11.8. The number of nitrogens with two attached hydrogens (primary N) is 1. The standard InChI is InChI=1S/C7H15FN2O2S.ClH/c8-3-1-5-13(11,12)10-4-2-7(9)6-10;/h7H,1-6,9H2;1H/t7-;/m1./s1. The van der Waals surface area contributed by atoms with Gasteiger partial charge in [-0.25, -0.2) is 12.7 Å². The smallest absolute Gasteiger partial charge is 0.214 e. The summed E-state index contributed by atoms with van der Waals surface area (Å²) in [4.78, 5) is 0. The normalized spacial score (nSPS) is 23.4. The number of halogens is 2. The molecule has 1 aliphatic rings. The highest BCUT2D eigenvalue weighted by Gasteiger charge is 2.28. The van der Waals surface area contributed by atoms with Crippen LogP contribution in [0, 0.1) is 0 Å². The Labute approximate surface area is 90.1 Å². The molecule has 14 heavy (non-hydrogen) atoms. The van der Waals surface area contributed by atoms with E-state index in [0.717, 1.165) is 0 Å². The summed E-state index contributed by atoms with van der Waals surface area (Å²) in [5.41, 5.74) is 5.57. The largest absolute Gasteiger partial charge is 0.326 e. The van der Waals surface area contributed by atoms with E-state index in [2.05, 4.69) is 0 Å². The highest BCUT2D eigenvalue weighted by Crippen LogP contribution is 2.13. The maximum Gasteiger partial charge on any atom is 0.214 e. The molecular weight excluding hydrogens is 231 g/mol. The summed E-state index contributed by atoms with van der Waals surface area (Å²) in [6, 6.07) is -0.0554. The van der Waals surface area contributed by atoms with E-state index in [1.807, 2.05) is 0 Å². The van der Waals surface area contributed by atoms with Crippen LogP contribution in [0.5, 0.6) is 0 Å². The zero-order valence-electron chi connectivity index (χ0n) is 7.86. The molecule has 4 nitrogen and oxygen atoms in total. The molecule has 1 atom stereocenters. The van der Waals surface area contributed by atoms with Crippen molar-refractivity contribution in [2.75, 3.05) is 25.5 Å². The lowest BCUT2D eigenvalue weighted by molar-refractivity contribution is 0.454. The molecule has 0 aromatic rings. The first-order valence-electron chi connectivity index (χ1n) is 4.35. The Morgan fingerprint density at radius 1 is 1.50 bits per heavy atom. The predicted octanol–water partition coefficient (Wildman–Crippen LogP) is 0.131. The molecule has 0 aliphatic carbocycles. The molecule has 0 spiro atoms. The van der Waals surface area contributed by atoms with Crippen molar-refractivity contribution < 1.29 is 12.8 Å². The first kappa shape index (κ1) is 14.1. The number of alkyl halides is 1. The molecule has 1 fully saturated rings. The molecule has 0 radical (unpaired) electrons. The lowest BCUT2D eigenvalue weighted by atomic mass is 10.3. The van der Waals surface area contributed by atoms with Crippen LogP contribution in [0.15, 0.2) is 0 Å². The van der Waals surface area contributed by atoms with Crippen LogP contribution in [0.25, 0.3) is 0 Å². The van der Waals surface area contributed by atoms with Crippen molar-refractivity contribution in [2.24, 2.45) is 5.73 Å². The summed E-state index contributed by atoms with van der Waals surface area (Å²) < 4.78 is 36.0. The summed E-state index contributed by atoms with van der Waals surface area (Å²) in [5.74, 6) is -0.101. The van der Waals surface area contributed by atoms with Crippen LogP contribution in [0.1, 0.15) is 12.8 Å². The van der Waals surface area contributed by atoms with Crippen LogP contribution in [0.2, 0.25) is 0 Å². The van der Waals surface area contributed by atoms with Crippen LogP contribution in [0.4, 0.5) is 4.39 Å². The highest BCUT2D eigenvalue weighted by atomic mass is 35.5. The maximum absolute atomic E-state index is 11.8. The number of sulfonamides is 1. The summed E-state index contributed by atoms with van der Waals surface area (Å²) in [7, 11) is -3.24. The van der Waals surface area contributed by atoms with E-state index in [4.69, 9.17) is 5.73 Å². The average molecular weight is 247 g/mol. The second-order valence-corrected chi connectivity index (χ2v) is 5.35. The van der Waals surface area contributed by atoms with Gasteiger partial charge in [0.1, 0.15) is 0 Å². The molecule has 0 aromatic carbocycles. The van der Waals surface area contributed by atoms with Gasteiger partial charge in [0.05, 0.1) is 12.4 Å². The van der Waals surface area contributed by atoms with Gasteiger partial charge in [-0.1, -0.05) is 0 Å². The minimum Gasteiger partial charge on any atom is -0.326 e. The van der Waals surface area contributed by atoms with E-state index in [0.29, 0.717) is 19.5 Å². The van der Waals surface area contributed by atoms with Gasteiger partial charge < -0.3 is 5.73 Å². The lowest BCUT2D eigenvalue weighted by Gasteiger charge is -2.14. The second kappa shape index (κ2) is 5.85. The number of hydrogen-bond donors (Lipinski definition) is 1. The number of rotatable bonds is 4. The summed E-state index contributed by atoms with van der Waals surface area (Å²) in [5, 5.41) is 0. The molecule has 0 unspecified atom stereocenters. The molecule has 0 amide bonds. The van der Waals surface area contributed by atoms with Gasteiger partial charge in [-0.05, 0) is 12.8 Å². The Hall–Kier alpha value is 0.0900. The van der Waals surface area contributed by atoms with E-state index in [1.165, 1.54) is 4.31 Å². The number of nitrogens with zero attached hydrogens (tertiary/aromatic N) is 1. The Bertz CT molecular complexity index is 260. The zero-order chi connectivity index (χ0) is 9.90. The Morgan fingerprint density at radius 2 is 2.14 bits per heavy atom. The van der Waals surface area contributed by atoms with E-state index in [1.54, 1.807) is 0 Å². The minimum atomic E-state index is -3.24. The Kier molecular flexibility index (Phi) is 5.88. The van der Waals surface area contributed by atoms with Crippen LogP contribution < -0.4 is 5.73 Å². The van der Waals surface area contributed by atoms with E-state index < -0.39 is 16.7 Å². The third-order valence-corrected chi connectivity index (χ3v) is 4.04. The Morgan fingerprint density at radius 3 is 2.57 bits per heavy atom. The van der Waals surface area contributed by atoms with Crippen molar-refractivity contribution in [3.05, 3.63) is 0 Å². The fourth-order valence-electron chi connectivity index (χ4n) is 1.37. The molecule has 0 aromatic heterocycles. The van der Waals surface area contributed by atoms with Crippen molar-refractivity contribution in [3.8, 4) is 0 Å². The van der Waals surface area contributed by atoms with Crippen molar-refractivity contribution in [1.82, 2.24) is 4.31 Å². The molecule has 1 saturated heterocycles. The van der Waals surface area contributed by atoms with Crippen LogP contribution in [0.3, 0.4) is 0 Å². The number of hydrogen-bond acceptors (Lipinski definition) is 3. The first-order chi connectivity index (χ1) is 6.06. The minimum absolute atomic E-state index is 0. The molecule has 2 N–H and O–H groups in total.